The third-order valence-corrected chi connectivity index (χ3v) is 3.48. The molecule has 0 aliphatic heterocycles. The zero-order chi connectivity index (χ0) is 15.4. The van der Waals surface area contributed by atoms with Gasteiger partial charge in [-0.25, -0.2) is 4.39 Å². The molecule has 0 aliphatic rings. The van der Waals surface area contributed by atoms with E-state index >= 15 is 0 Å². The fourth-order valence-corrected chi connectivity index (χ4v) is 2.31. The summed E-state index contributed by atoms with van der Waals surface area (Å²) in [6.45, 7) is 6.24. The Morgan fingerprint density at radius 2 is 1.90 bits per heavy atom. The number of nitrogens with two attached hydrogens (primary N) is 1. The second-order valence-corrected chi connectivity index (χ2v) is 4.83. The van der Waals surface area contributed by atoms with Gasteiger partial charge in [0.25, 0.3) is 0 Å². The molecule has 21 heavy (non-hydrogen) atoms. The van der Waals surface area contributed by atoms with Crippen LogP contribution in [-0.4, -0.2) is 10.2 Å². The van der Waals surface area contributed by atoms with Gasteiger partial charge >= 0.3 is 0 Å². The molecule has 1 aromatic carbocycles. The van der Waals surface area contributed by atoms with Crippen LogP contribution in [0.4, 0.5) is 4.39 Å². The van der Waals surface area contributed by atoms with E-state index in [0.717, 1.165) is 35.2 Å². The zero-order valence-electron chi connectivity index (χ0n) is 12.6. The lowest BCUT2D eigenvalue weighted by molar-refractivity contribution is 0.438. The predicted molar refractivity (Wildman–Crippen MR) is 79.9 cm³/mol. The first-order valence-corrected chi connectivity index (χ1v) is 7.12. The summed E-state index contributed by atoms with van der Waals surface area (Å²) >= 11 is 0. The first-order chi connectivity index (χ1) is 10.1. The van der Waals surface area contributed by atoms with Crippen molar-refractivity contribution >= 4 is 0 Å². The summed E-state index contributed by atoms with van der Waals surface area (Å²) in [6.07, 6.45) is 1.60. The Labute approximate surface area is 124 Å². The molecule has 0 saturated carbocycles. The van der Waals surface area contributed by atoms with Gasteiger partial charge in [-0.1, -0.05) is 19.9 Å². The molecule has 0 atom stereocenters. The van der Waals surface area contributed by atoms with Gasteiger partial charge in [0.1, 0.15) is 11.6 Å². The number of aromatic nitrogens is 2. The van der Waals surface area contributed by atoms with Gasteiger partial charge in [0.15, 0.2) is 0 Å². The normalized spacial score (nSPS) is 10.7. The van der Waals surface area contributed by atoms with Crippen molar-refractivity contribution in [3.05, 3.63) is 46.4 Å². The molecule has 0 unspecified atom stereocenters. The minimum absolute atomic E-state index is 0.315. The smallest absolute Gasteiger partial charge is 0.243 e. The van der Waals surface area contributed by atoms with Crippen LogP contribution in [0.5, 0.6) is 11.6 Å². The molecule has 4 nitrogen and oxygen atoms in total. The van der Waals surface area contributed by atoms with Crippen LogP contribution in [0.25, 0.3) is 0 Å². The zero-order valence-corrected chi connectivity index (χ0v) is 12.6. The van der Waals surface area contributed by atoms with Crippen LogP contribution in [0.1, 0.15) is 36.2 Å². The SMILES string of the molecule is CCc1nnc(Oc2cc(F)ccc2C)c(CN)c1CC. The molecule has 0 amide bonds. The number of hydrogen-bond acceptors (Lipinski definition) is 4. The van der Waals surface area contributed by atoms with Crippen LogP contribution < -0.4 is 10.5 Å². The first kappa shape index (κ1) is 15.4. The van der Waals surface area contributed by atoms with Crippen LogP contribution in [0.2, 0.25) is 0 Å². The maximum Gasteiger partial charge on any atom is 0.243 e. The Morgan fingerprint density at radius 3 is 2.52 bits per heavy atom. The third-order valence-electron chi connectivity index (χ3n) is 3.48. The summed E-state index contributed by atoms with van der Waals surface area (Å²) in [7, 11) is 0. The highest BCUT2D eigenvalue weighted by Crippen LogP contribution is 2.29. The van der Waals surface area contributed by atoms with Crippen LogP contribution in [0.3, 0.4) is 0 Å². The van der Waals surface area contributed by atoms with Crippen molar-refractivity contribution in [3.8, 4) is 11.6 Å². The molecule has 0 bridgehead atoms. The molecule has 112 valence electrons. The van der Waals surface area contributed by atoms with E-state index < -0.39 is 0 Å². The van der Waals surface area contributed by atoms with Crippen molar-refractivity contribution in [1.82, 2.24) is 10.2 Å². The second-order valence-electron chi connectivity index (χ2n) is 4.83. The summed E-state index contributed by atoms with van der Waals surface area (Å²) < 4.78 is 19.1. The van der Waals surface area contributed by atoms with E-state index in [4.69, 9.17) is 10.5 Å². The minimum atomic E-state index is -0.348. The molecule has 0 saturated heterocycles. The summed E-state index contributed by atoms with van der Waals surface area (Å²) in [5, 5.41) is 8.32. The molecule has 2 N–H and O–H groups in total. The topological polar surface area (TPSA) is 61.0 Å². The molecule has 0 fully saturated rings. The Balaban J connectivity index is 2.47. The largest absolute Gasteiger partial charge is 0.437 e. The van der Waals surface area contributed by atoms with Crippen molar-refractivity contribution in [1.29, 1.82) is 0 Å². The van der Waals surface area contributed by atoms with Crippen molar-refractivity contribution in [3.63, 3.8) is 0 Å². The highest BCUT2D eigenvalue weighted by Gasteiger charge is 2.16. The van der Waals surface area contributed by atoms with Crippen molar-refractivity contribution in [2.45, 2.75) is 40.2 Å². The number of hydrogen-bond donors (Lipinski definition) is 1. The lowest BCUT2D eigenvalue weighted by Gasteiger charge is -2.15. The summed E-state index contributed by atoms with van der Waals surface area (Å²) in [6, 6.07) is 4.41. The van der Waals surface area contributed by atoms with Gasteiger partial charge in [-0.3, -0.25) is 0 Å². The van der Waals surface area contributed by atoms with Crippen molar-refractivity contribution in [2.75, 3.05) is 0 Å². The van der Waals surface area contributed by atoms with Crippen molar-refractivity contribution < 1.29 is 9.13 Å². The lowest BCUT2D eigenvalue weighted by atomic mass is 10.0. The van der Waals surface area contributed by atoms with E-state index in [1.165, 1.54) is 12.1 Å². The second kappa shape index (κ2) is 6.63. The Bertz CT molecular complexity index is 644. The monoisotopic (exact) mass is 289 g/mol. The third kappa shape index (κ3) is 3.19. The van der Waals surface area contributed by atoms with Crippen LogP contribution in [0, 0.1) is 12.7 Å². The Morgan fingerprint density at radius 1 is 1.14 bits per heavy atom. The maximum absolute atomic E-state index is 13.4. The van der Waals surface area contributed by atoms with Crippen LogP contribution in [-0.2, 0) is 19.4 Å². The van der Waals surface area contributed by atoms with E-state index in [-0.39, 0.29) is 5.82 Å². The molecule has 1 aromatic heterocycles. The van der Waals surface area contributed by atoms with Gasteiger partial charge in [-0.2, -0.15) is 5.10 Å². The number of ether oxygens (including phenoxy) is 1. The highest BCUT2D eigenvalue weighted by atomic mass is 19.1. The van der Waals surface area contributed by atoms with E-state index in [9.17, 15) is 4.39 Å². The van der Waals surface area contributed by atoms with Crippen LogP contribution >= 0.6 is 0 Å². The maximum atomic E-state index is 13.4. The summed E-state index contributed by atoms with van der Waals surface area (Å²) in [5.41, 5.74) is 9.52. The van der Waals surface area contributed by atoms with E-state index in [2.05, 4.69) is 10.2 Å². The molecular weight excluding hydrogens is 269 g/mol. The van der Waals surface area contributed by atoms with E-state index in [0.29, 0.717) is 18.2 Å². The standard InChI is InChI=1S/C16H20FN3O/c1-4-12-13(9-18)16(20-19-14(12)5-2)21-15-8-11(17)7-6-10(15)3/h6-8H,4-5,9,18H2,1-3H3. The molecule has 0 radical (unpaired) electrons. The molecule has 1 heterocycles. The number of halogens is 1. The molecule has 2 rings (SSSR count). The van der Waals surface area contributed by atoms with E-state index in [1.54, 1.807) is 6.07 Å². The van der Waals surface area contributed by atoms with Gasteiger partial charge in [0.05, 0.1) is 5.69 Å². The fraction of sp³-hybridized carbons (Fsp3) is 0.375. The van der Waals surface area contributed by atoms with Gasteiger partial charge in [0, 0.05) is 18.2 Å². The van der Waals surface area contributed by atoms with Crippen molar-refractivity contribution in [2.24, 2.45) is 5.73 Å². The molecule has 0 aliphatic carbocycles. The number of rotatable bonds is 5. The molecule has 0 spiro atoms. The Hall–Kier alpha value is -2.01. The quantitative estimate of drug-likeness (QED) is 0.917. The molecular formula is C16H20FN3O. The fourth-order valence-electron chi connectivity index (χ4n) is 2.31. The predicted octanol–water partition coefficient (Wildman–Crippen LogP) is 3.30. The average Bonchev–Trinajstić information content (AvgIpc) is 2.50. The summed E-state index contributed by atoms with van der Waals surface area (Å²) in [4.78, 5) is 0. The van der Waals surface area contributed by atoms with Gasteiger partial charge in [0.2, 0.25) is 5.88 Å². The number of aryl methyl sites for hydroxylation is 2. The first-order valence-electron chi connectivity index (χ1n) is 7.12. The van der Waals surface area contributed by atoms with Gasteiger partial charge in [-0.15, -0.1) is 5.10 Å². The minimum Gasteiger partial charge on any atom is -0.437 e. The Kier molecular flexibility index (Phi) is 4.85. The summed E-state index contributed by atoms with van der Waals surface area (Å²) in [5.74, 6) is 0.448. The van der Waals surface area contributed by atoms with Crippen LogP contribution in [0.15, 0.2) is 18.2 Å². The van der Waals surface area contributed by atoms with Gasteiger partial charge < -0.3 is 10.5 Å². The average molecular weight is 289 g/mol. The van der Waals surface area contributed by atoms with Gasteiger partial charge in [-0.05, 0) is 37.0 Å². The molecule has 5 heteroatoms. The lowest BCUT2D eigenvalue weighted by Crippen LogP contribution is -2.10. The van der Waals surface area contributed by atoms with E-state index in [1.807, 2.05) is 20.8 Å². The highest BCUT2D eigenvalue weighted by molar-refractivity contribution is 5.41. The molecule has 2 aromatic rings. The number of nitrogens with zero attached hydrogens (tertiary/aromatic N) is 2. The number of benzene rings is 1.